The molecule has 0 atom stereocenters. The van der Waals surface area contributed by atoms with Gasteiger partial charge in [-0.1, -0.05) is 0 Å². The molecule has 0 radical (unpaired) electrons. The molecular weight excluding hydrogens is 360 g/mol. The van der Waals surface area contributed by atoms with E-state index in [2.05, 4.69) is 20.6 Å². The Morgan fingerprint density at radius 1 is 1.07 bits per heavy atom. The van der Waals surface area contributed by atoms with Crippen molar-refractivity contribution in [1.29, 1.82) is 0 Å². The monoisotopic (exact) mass is 390 g/mol. The zero-order chi connectivity index (χ0) is 20.5. The van der Waals surface area contributed by atoms with Gasteiger partial charge in [0.05, 0.1) is 27.0 Å². The molecule has 0 spiro atoms. The van der Waals surface area contributed by atoms with Crippen LogP contribution in [0.3, 0.4) is 0 Å². The van der Waals surface area contributed by atoms with Gasteiger partial charge in [-0.2, -0.15) is 0 Å². The molecule has 28 heavy (non-hydrogen) atoms. The van der Waals surface area contributed by atoms with Crippen molar-refractivity contribution in [2.45, 2.75) is 33.7 Å². The minimum Gasteiger partial charge on any atom is -0.496 e. The van der Waals surface area contributed by atoms with Crippen LogP contribution in [-0.2, 0) is 13.0 Å². The molecule has 2 aromatic rings. The fourth-order valence-electron chi connectivity index (χ4n) is 2.73. The molecule has 0 aliphatic heterocycles. The lowest BCUT2D eigenvalue weighted by atomic mass is 10.1. The standard InChI is InChI=1S/C20H30N4O4/c1-7-21-20(23-12-19-24-13(2)14(3)28-19)22-9-8-16-17(26-5)10-15(25-4)11-18(16)27-6/h10-11H,7-9,12H2,1-6H3,(H2,21,22,23). The Bertz CT molecular complexity index is 757. The Hall–Kier alpha value is -2.90. The van der Waals surface area contributed by atoms with Crippen LogP contribution in [0.5, 0.6) is 17.2 Å². The molecule has 1 aromatic heterocycles. The maximum atomic E-state index is 5.58. The third kappa shape index (κ3) is 5.55. The quantitative estimate of drug-likeness (QED) is 0.502. The van der Waals surface area contributed by atoms with Crippen LogP contribution in [0.25, 0.3) is 0 Å². The second-order valence-electron chi connectivity index (χ2n) is 6.13. The number of aliphatic imine (C=N–C) groups is 1. The number of benzene rings is 1. The number of aryl methyl sites for hydroxylation is 2. The highest BCUT2D eigenvalue weighted by Gasteiger charge is 2.13. The van der Waals surface area contributed by atoms with Gasteiger partial charge in [0.25, 0.3) is 0 Å². The molecule has 8 nitrogen and oxygen atoms in total. The number of aromatic nitrogens is 1. The highest BCUT2D eigenvalue weighted by atomic mass is 16.5. The lowest BCUT2D eigenvalue weighted by Gasteiger charge is -2.16. The van der Waals surface area contributed by atoms with E-state index >= 15 is 0 Å². The Labute approximate surface area is 166 Å². The number of methoxy groups -OCH3 is 3. The topological polar surface area (TPSA) is 90.1 Å². The van der Waals surface area contributed by atoms with Gasteiger partial charge in [-0.15, -0.1) is 0 Å². The molecule has 0 fully saturated rings. The number of hydrogen-bond donors (Lipinski definition) is 2. The van der Waals surface area contributed by atoms with Crippen LogP contribution < -0.4 is 24.8 Å². The third-order valence-corrected chi connectivity index (χ3v) is 4.27. The van der Waals surface area contributed by atoms with E-state index < -0.39 is 0 Å². The Morgan fingerprint density at radius 2 is 1.75 bits per heavy atom. The summed E-state index contributed by atoms with van der Waals surface area (Å²) in [6.45, 7) is 7.62. The first-order valence-electron chi connectivity index (χ1n) is 9.26. The zero-order valence-electron chi connectivity index (χ0n) is 17.5. The number of ether oxygens (including phenoxy) is 3. The number of nitrogens with one attached hydrogen (secondary N) is 2. The predicted octanol–water partition coefficient (Wildman–Crippen LogP) is 2.62. The summed E-state index contributed by atoms with van der Waals surface area (Å²) in [4.78, 5) is 8.90. The van der Waals surface area contributed by atoms with Crippen LogP contribution >= 0.6 is 0 Å². The molecule has 0 saturated heterocycles. The van der Waals surface area contributed by atoms with Gasteiger partial charge < -0.3 is 29.3 Å². The van der Waals surface area contributed by atoms with Crippen molar-refractivity contribution < 1.29 is 18.6 Å². The minimum absolute atomic E-state index is 0.374. The molecule has 0 amide bonds. The molecule has 154 valence electrons. The van der Waals surface area contributed by atoms with Gasteiger partial charge in [0, 0.05) is 30.8 Å². The van der Waals surface area contributed by atoms with Gasteiger partial charge in [-0.05, 0) is 27.2 Å². The summed E-state index contributed by atoms with van der Waals surface area (Å²) in [7, 11) is 4.89. The molecule has 0 saturated carbocycles. The van der Waals surface area contributed by atoms with Crippen molar-refractivity contribution in [2.75, 3.05) is 34.4 Å². The largest absolute Gasteiger partial charge is 0.496 e. The van der Waals surface area contributed by atoms with Crippen molar-refractivity contribution in [2.24, 2.45) is 4.99 Å². The van der Waals surface area contributed by atoms with Gasteiger partial charge in [-0.3, -0.25) is 0 Å². The van der Waals surface area contributed by atoms with Crippen molar-refractivity contribution >= 4 is 5.96 Å². The maximum absolute atomic E-state index is 5.58. The number of rotatable bonds is 9. The second kappa shape index (κ2) is 10.4. The van der Waals surface area contributed by atoms with Crippen LogP contribution in [0, 0.1) is 13.8 Å². The minimum atomic E-state index is 0.374. The average molecular weight is 390 g/mol. The summed E-state index contributed by atoms with van der Waals surface area (Å²) in [5.74, 6) is 4.27. The zero-order valence-corrected chi connectivity index (χ0v) is 17.5. The van der Waals surface area contributed by atoms with Gasteiger partial charge in [0.2, 0.25) is 5.89 Å². The van der Waals surface area contributed by atoms with Gasteiger partial charge in [0.15, 0.2) is 5.96 Å². The summed E-state index contributed by atoms with van der Waals surface area (Å²) in [5.41, 5.74) is 1.86. The highest BCUT2D eigenvalue weighted by molar-refractivity contribution is 5.79. The van der Waals surface area contributed by atoms with Crippen LogP contribution in [0.15, 0.2) is 21.5 Å². The highest BCUT2D eigenvalue weighted by Crippen LogP contribution is 2.34. The van der Waals surface area contributed by atoms with E-state index in [0.29, 0.717) is 37.1 Å². The van der Waals surface area contributed by atoms with E-state index in [1.165, 1.54) is 0 Å². The lowest BCUT2D eigenvalue weighted by molar-refractivity contribution is 0.368. The molecule has 2 rings (SSSR count). The Morgan fingerprint density at radius 3 is 2.25 bits per heavy atom. The van der Waals surface area contributed by atoms with Gasteiger partial charge >= 0.3 is 0 Å². The summed E-state index contributed by atoms with van der Waals surface area (Å²) in [6, 6.07) is 3.70. The molecule has 1 aromatic carbocycles. The molecule has 2 N–H and O–H groups in total. The predicted molar refractivity (Wildman–Crippen MR) is 109 cm³/mol. The molecule has 0 bridgehead atoms. The van der Waals surface area contributed by atoms with Gasteiger partial charge in [0.1, 0.15) is 29.6 Å². The van der Waals surface area contributed by atoms with Crippen LogP contribution in [-0.4, -0.2) is 45.4 Å². The first-order chi connectivity index (χ1) is 13.5. The van der Waals surface area contributed by atoms with E-state index in [9.17, 15) is 0 Å². The molecule has 0 aliphatic rings. The first-order valence-corrected chi connectivity index (χ1v) is 9.26. The number of nitrogens with zero attached hydrogens (tertiary/aromatic N) is 2. The second-order valence-corrected chi connectivity index (χ2v) is 6.13. The molecule has 1 heterocycles. The lowest BCUT2D eigenvalue weighted by Crippen LogP contribution is -2.38. The fourth-order valence-corrected chi connectivity index (χ4v) is 2.73. The van der Waals surface area contributed by atoms with E-state index in [1.54, 1.807) is 21.3 Å². The smallest absolute Gasteiger partial charge is 0.216 e. The van der Waals surface area contributed by atoms with Crippen molar-refractivity contribution in [1.82, 2.24) is 15.6 Å². The van der Waals surface area contributed by atoms with Crippen molar-refractivity contribution in [3.63, 3.8) is 0 Å². The summed E-state index contributed by atoms with van der Waals surface area (Å²) in [5, 5.41) is 6.54. The molecule has 0 unspecified atom stereocenters. The first kappa shape index (κ1) is 21.4. The van der Waals surface area contributed by atoms with E-state index in [4.69, 9.17) is 18.6 Å². The fraction of sp³-hybridized carbons (Fsp3) is 0.500. The van der Waals surface area contributed by atoms with E-state index in [1.807, 2.05) is 32.9 Å². The maximum Gasteiger partial charge on any atom is 0.216 e. The summed E-state index contributed by atoms with van der Waals surface area (Å²) >= 11 is 0. The summed E-state index contributed by atoms with van der Waals surface area (Å²) < 4.78 is 21.9. The number of oxazole rings is 1. The molecular formula is C20H30N4O4. The molecule has 8 heteroatoms. The van der Waals surface area contributed by atoms with Gasteiger partial charge in [-0.25, -0.2) is 9.98 Å². The number of hydrogen-bond acceptors (Lipinski definition) is 6. The Kier molecular flexibility index (Phi) is 7.98. The van der Waals surface area contributed by atoms with E-state index in [0.717, 1.165) is 35.1 Å². The SMILES string of the molecule is CCNC(=NCc1nc(C)c(C)o1)NCCc1c(OC)cc(OC)cc1OC. The van der Waals surface area contributed by atoms with Crippen LogP contribution in [0.4, 0.5) is 0 Å². The average Bonchev–Trinajstić information content (AvgIpc) is 3.03. The summed E-state index contributed by atoms with van der Waals surface area (Å²) in [6.07, 6.45) is 0.692. The number of guanidine groups is 1. The normalized spacial score (nSPS) is 11.3. The van der Waals surface area contributed by atoms with E-state index in [-0.39, 0.29) is 0 Å². The van der Waals surface area contributed by atoms with Crippen molar-refractivity contribution in [3.8, 4) is 17.2 Å². The Balaban J connectivity index is 2.05. The van der Waals surface area contributed by atoms with Crippen LogP contribution in [0.1, 0.15) is 29.8 Å². The molecule has 0 aliphatic carbocycles. The third-order valence-electron chi connectivity index (χ3n) is 4.27. The van der Waals surface area contributed by atoms with Crippen molar-refractivity contribution in [3.05, 3.63) is 35.0 Å². The van der Waals surface area contributed by atoms with Crippen LogP contribution in [0.2, 0.25) is 0 Å².